The number of benzene rings is 2. The van der Waals surface area contributed by atoms with Gasteiger partial charge in [0, 0.05) is 30.1 Å². The average molecular weight is 423 g/mol. The van der Waals surface area contributed by atoms with Crippen LogP contribution in [0.2, 0.25) is 5.02 Å². The van der Waals surface area contributed by atoms with Crippen molar-refractivity contribution in [2.45, 2.75) is 32.2 Å². The number of esters is 1. The number of aromatic nitrogens is 2. The molecule has 0 amide bonds. The Balaban J connectivity index is 1.96. The molecule has 0 saturated carbocycles. The summed E-state index contributed by atoms with van der Waals surface area (Å²) in [6.07, 6.45) is 2.53. The third kappa shape index (κ3) is 4.67. The lowest BCUT2D eigenvalue weighted by atomic mass is 10.1. The van der Waals surface area contributed by atoms with Crippen molar-refractivity contribution in [3.63, 3.8) is 0 Å². The number of carbonyl (C=O) groups is 1. The van der Waals surface area contributed by atoms with Crippen LogP contribution in [0.15, 0.2) is 30.3 Å². The van der Waals surface area contributed by atoms with Gasteiger partial charge in [-0.05, 0) is 31.0 Å². The van der Waals surface area contributed by atoms with Gasteiger partial charge in [0.1, 0.15) is 11.6 Å². The minimum Gasteiger partial charge on any atom is -0.496 e. The SMILES string of the molecule is COC(=O)CCCCCn1c(-c2ccc(Cl)cc2OC)nc2cc(F)c(F)cc21. The second-order valence-electron chi connectivity index (χ2n) is 6.57. The number of carbonyl (C=O) groups excluding carboxylic acids is 1. The van der Waals surface area contributed by atoms with Crippen molar-refractivity contribution >= 4 is 28.6 Å². The van der Waals surface area contributed by atoms with Crippen LogP contribution < -0.4 is 4.74 Å². The summed E-state index contributed by atoms with van der Waals surface area (Å²) in [6.45, 7) is 0.518. The minimum atomic E-state index is -0.949. The van der Waals surface area contributed by atoms with Gasteiger partial charge in [-0.3, -0.25) is 4.79 Å². The fourth-order valence-electron chi connectivity index (χ4n) is 3.22. The topological polar surface area (TPSA) is 53.4 Å². The van der Waals surface area contributed by atoms with Gasteiger partial charge < -0.3 is 14.0 Å². The first-order chi connectivity index (χ1) is 13.9. The van der Waals surface area contributed by atoms with Gasteiger partial charge in [-0.25, -0.2) is 13.8 Å². The molecule has 3 aromatic rings. The normalized spacial score (nSPS) is 11.1. The summed E-state index contributed by atoms with van der Waals surface area (Å²) in [5.74, 6) is -1.08. The Morgan fingerprint density at radius 3 is 2.59 bits per heavy atom. The van der Waals surface area contributed by atoms with Crippen molar-refractivity contribution in [3.8, 4) is 17.1 Å². The summed E-state index contributed by atoms with van der Waals surface area (Å²) in [6, 6.07) is 7.38. The molecule has 0 aliphatic rings. The lowest BCUT2D eigenvalue weighted by molar-refractivity contribution is -0.140. The van der Waals surface area contributed by atoms with Gasteiger partial charge in [0.05, 0.1) is 30.8 Å². The number of fused-ring (bicyclic) bond motifs is 1. The zero-order valence-electron chi connectivity index (χ0n) is 16.2. The van der Waals surface area contributed by atoms with Crippen molar-refractivity contribution in [1.82, 2.24) is 9.55 Å². The van der Waals surface area contributed by atoms with Gasteiger partial charge in [-0.15, -0.1) is 0 Å². The van der Waals surface area contributed by atoms with E-state index < -0.39 is 11.6 Å². The molecule has 8 heteroatoms. The standard InChI is InChI=1S/C21H21ClF2N2O3/c1-28-19-10-13(22)7-8-14(19)21-25-17-11-15(23)16(24)12-18(17)26(21)9-5-3-4-6-20(27)29-2/h7-8,10-12H,3-6,9H2,1-2H3. The van der Waals surface area contributed by atoms with Gasteiger partial charge in [0.15, 0.2) is 11.6 Å². The molecule has 0 saturated heterocycles. The summed E-state index contributed by atoms with van der Waals surface area (Å²) in [5, 5.41) is 0.508. The van der Waals surface area contributed by atoms with E-state index >= 15 is 0 Å². The molecule has 5 nitrogen and oxygen atoms in total. The zero-order valence-corrected chi connectivity index (χ0v) is 16.9. The monoisotopic (exact) mass is 422 g/mol. The molecular weight excluding hydrogens is 402 g/mol. The number of imidazole rings is 1. The molecule has 0 spiro atoms. The van der Waals surface area contributed by atoms with Crippen LogP contribution in [0, 0.1) is 11.6 Å². The Bertz CT molecular complexity index is 1040. The highest BCUT2D eigenvalue weighted by Crippen LogP contribution is 2.34. The van der Waals surface area contributed by atoms with Crippen molar-refractivity contribution in [2.75, 3.05) is 14.2 Å². The molecule has 29 heavy (non-hydrogen) atoms. The lowest BCUT2D eigenvalue weighted by Crippen LogP contribution is -2.03. The third-order valence-electron chi connectivity index (χ3n) is 4.69. The number of methoxy groups -OCH3 is 2. The fourth-order valence-corrected chi connectivity index (χ4v) is 3.38. The summed E-state index contributed by atoms with van der Waals surface area (Å²) in [7, 11) is 2.88. The molecule has 0 fully saturated rings. The number of aryl methyl sites for hydroxylation is 1. The van der Waals surface area contributed by atoms with Crippen LogP contribution in [-0.4, -0.2) is 29.7 Å². The lowest BCUT2D eigenvalue weighted by Gasteiger charge is -2.12. The quantitative estimate of drug-likeness (QED) is 0.361. The third-order valence-corrected chi connectivity index (χ3v) is 4.92. The maximum atomic E-state index is 13.9. The smallest absolute Gasteiger partial charge is 0.305 e. The van der Waals surface area contributed by atoms with E-state index in [9.17, 15) is 13.6 Å². The van der Waals surface area contributed by atoms with E-state index in [4.69, 9.17) is 16.3 Å². The van der Waals surface area contributed by atoms with Crippen molar-refractivity contribution in [2.24, 2.45) is 0 Å². The Hall–Kier alpha value is -2.67. The highest BCUT2D eigenvalue weighted by Gasteiger charge is 2.18. The van der Waals surface area contributed by atoms with Gasteiger partial charge >= 0.3 is 5.97 Å². The summed E-state index contributed by atoms with van der Waals surface area (Å²) in [5.41, 5.74) is 1.51. The minimum absolute atomic E-state index is 0.248. The summed E-state index contributed by atoms with van der Waals surface area (Å²) in [4.78, 5) is 15.8. The van der Waals surface area contributed by atoms with Gasteiger partial charge in [-0.1, -0.05) is 18.0 Å². The van der Waals surface area contributed by atoms with Crippen LogP contribution in [0.5, 0.6) is 5.75 Å². The second-order valence-corrected chi connectivity index (χ2v) is 7.01. The van der Waals surface area contributed by atoms with Crippen LogP contribution >= 0.6 is 11.6 Å². The number of ether oxygens (including phenoxy) is 2. The molecule has 3 rings (SSSR count). The van der Waals surface area contributed by atoms with Crippen molar-refractivity contribution in [3.05, 3.63) is 47.0 Å². The van der Waals surface area contributed by atoms with E-state index in [1.165, 1.54) is 14.2 Å². The molecule has 154 valence electrons. The number of unbranched alkanes of at least 4 members (excludes halogenated alkanes) is 2. The Labute approximate surface area is 172 Å². The van der Waals surface area contributed by atoms with Crippen molar-refractivity contribution < 1.29 is 23.0 Å². The molecule has 0 N–H and O–H groups in total. The summed E-state index contributed by atoms with van der Waals surface area (Å²) >= 11 is 6.05. The van der Waals surface area contributed by atoms with Gasteiger partial charge in [0.25, 0.3) is 0 Å². The van der Waals surface area contributed by atoms with Gasteiger partial charge in [0.2, 0.25) is 0 Å². The number of nitrogens with zero attached hydrogens (tertiary/aromatic N) is 2. The molecule has 0 radical (unpaired) electrons. The van der Waals surface area contributed by atoms with E-state index in [1.54, 1.807) is 18.2 Å². The Kier molecular flexibility index (Phi) is 6.69. The highest BCUT2D eigenvalue weighted by atomic mass is 35.5. The summed E-state index contributed by atoms with van der Waals surface area (Å²) < 4.78 is 39.5. The maximum Gasteiger partial charge on any atom is 0.305 e. The van der Waals surface area contributed by atoms with E-state index in [1.807, 2.05) is 4.57 Å². The highest BCUT2D eigenvalue weighted by molar-refractivity contribution is 6.30. The van der Waals surface area contributed by atoms with E-state index in [0.717, 1.165) is 25.0 Å². The fraction of sp³-hybridized carbons (Fsp3) is 0.333. The Morgan fingerprint density at radius 2 is 1.86 bits per heavy atom. The first kappa shape index (κ1) is 21.0. The van der Waals surface area contributed by atoms with Crippen LogP contribution in [0.1, 0.15) is 25.7 Å². The number of hydrogen-bond donors (Lipinski definition) is 0. The first-order valence-electron chi connectivity index (χ1n) is 9.20. The second kappa shape index (κ2) is 9.22. The van der Waals surface area contributed by atoms with Crippen LogP contribution in [0.4, 0.5) is 8.78 Å². The number of rotatable bonds is 8. The molecule has 0 aliphatic heterocycles. The van der Waals surface area contributed by atoms with Crippen LogP contribution in [0.25, 0.3) is 22.4 Å². The number of halogens is 3. The first-order valence-corrected chi connectivity index (χ1v) is 9.58. The largest absolute Gasteiger partial charge is 0.496 e. The number of hydrogen-bond acceptors (Lipinski definition) is 4. The predicted molar refractivity (Wildman–Crippen MR) is 107 cm³/mol. The van der Waals surface area contributed by atoms with Crippen LogP contribution in [0.3, 0.4) is 0 Å². The van der Waals surface area contributed by atoms with Crippen molar-refractivity contribution in [1.29, 1.82) is 0 Å². The molecular formula is C21H21ClF2N2O3. The van der Waals surface area contributed by atoms with Gasteiger partial charge in [-0.2, -0.15) is 0 Å². The molecule has 0 atom stereocenters. The molecule has 1 heterocycles. The Morgan fingerprint density at radius 1 is 1.10 bits per heavy atom. The van der Waals surface area contributed by atoms with E-state index in [0.29, 0.717) is 52.6 Å². The molecule has 1 aromatic heterocycles. The van der Waals surface area contributed by atoms with Crippen LogP contribution in [-0.2, 0) is 16.1 Å². The molecule has 0 bridgehead atoms. The predicted octanol–water partition coefficient (Wildman–Crippen LogP) is 5.38. The van der Waals surface area contributed by atoms with E-state index in [2.05, 4.69) is 9.72 Å². The zero-order chi connectivity index (χ0) is 21.0. The molecule has 0 unspecified atom stereocenters. The average Bonchev–Trinajstić information content (AvgIpc) is 3.04. The molecule has 2 aromatic carbocycles. The van der Waals surface area contributed by atoms with E-state index in [-0.39, 0.29) is 5.97 Å². The maximum absolute atomic E-state index is 13.9. The molecule has 0 aliphatic carbocycles.